The Balaban J connectivity index is 1.58. The van der Waals surface area contributed by atoms with Crippen LogP contribution in [0.15, 0.2) is 29.0 Å². The van der Waals surface area contributed by atoms with Gasteiger partial charge in [0.15, 0.2) is 5.82 Å². The fourth-order valence-electron chi connectivity index (χ4n) is 3.38. The first kappa shape index (κ1) is 17.9. The average molecular weight is 441 g/mol. The molecule has 1 spiro atoms. The molecule has 1 aliphatic heterocycles. The first-order valence-electron chi connectivity index (χ1n) is 8.00. The van der Waals surface area contributed by atoms with Crippen LogP contribution in [0.2, 0.25) is 0 Å². The van der Waals surface area contributed by atoms with E-state index in [0.29, 0.717) is 10.0 Å². The monoisotopic (exact) mass is 440 g/mol. The number of alkyl halides is 1. The molecule has 2 aromatic rings. The maximum atomic E-state index is 14.4. The smallest absolute Gasteiger partial charge is 0.257 e. The van der Waals surface area contributed by atoms with E-state index in [1.54, 1.807) is 6.07 Å². The number of aromatic nitrogens is 2. The number of amides is 2. The Morgan fingerprint density at radius 1 is 1.33 bits per heavy atom. The van der Waals surface area contributed by atoms with Crippen molar-refractivity contribution in [3.05, 3.63) is 51.8 Å². The lowest BCUT2D eigenvalue weighted by Gasteiger charge is -2.34. The van der Waals surface area contributed by atoms with Crippen LogP contribution >= 0.6 is 15.9 Å². The Hall–Kier alpha value is -2.49. The van der Waals surface area contributed by atoms with Crippen LogP contribution in [0.25, 0.3) is 0 Å². The lowest BCUT2D eigenvalue weighted by Crippen LogP contribution is -2.48. The van der Waals surface area contributed by atoms with Gasteiger partial charge in [0.2, 0.25) is 11.9 Å². The molecule has 0 radical (unpaired) electrons. The van der Waals surface area contributed by atoms with Gasteiger partial charge in [-0.3, -0.25) is 14.9 Å². The Morgan fingerprint density at radius 3 is 2.63 bits per heavy atom. The van der Waals surface area contributed by atoms with Gasteiger partial charge in [0.25, 0.3) is 5.91 Å². The van der Waals surface area contributed by atoms with Gasteiger partial charge in [-0.05, 0) is 24.1 Å². The summed E-state index contributed by atoms with van der Waals surface area (Å²) < 4.78 is 41.8. The van der Waals surface area contributed by atoms with Gasteiger partial charge in [0.05, 0.1) is 18.0 Å². The molecule has 1 aromatic heterocycles. The standard InChI is InChI=1S/C17H12BrF3N4O2/c18-8-1-10-14(11(20)2-8)15(27)25(7-17(10)3-12(17)21)6-13(26)24-16-22-4-9(19)5-23-16/h1-2,4-5,12H,3,6-7H2,(H,22,23,24,26)/t12-,17?/m0/s1. The van der Waals surface area contributed by atoms with Gasteiger partial charge < -0.3 is 4.90 Å². The summed E-state index contributed by atoms with van der Waals surface area (Å²) in [5.41, 5.74) is -0.888. The van der Waals surface area contributed by atoms with E-state index in [2.05, 4.69) is 31.2 Å². The topological polar surface area (TPSA) is 75.2 Å². The largest absolute Gasteiger partial charge is 0.328 e. The molecule has 1 saturated carbocycles. The molecule has 1 N–H and O–H groups in total. The van der Waals surface area contributed by atoms with E-state index in [-0.39, 0.29) is 24.5 Å². The normalized spacial score (nSPS) is 23.3. The summed E-state index contributed by atoms with van der Waals surface area (Å²) in [4.78, 5) is 33.2. The number of hydrogen-bond acceptors (Lipinski definition) is 4. The molecule has 1 aromatic carbocycles. The predicted molar refractivity (Wildman–Crippen MR) is 91.8 cm³/mol. The number of anilines is 1. The average Bonchev–Trinajstić information content (AvgIpc) is 3.24. The number of hydrogen-bond donors (Lipinski definition) is 1. The lowest BCUT2D eigenvalue weighted by atomic mass is 9.86. The number of nitrogens with one attached hydrogen (secondary N) is 1. The quantitative estimate of drug-likeness (QED) is 0.795. The first-order chi connectivity index (χ1) is 12.8. The molecule has 6 nitrogen and oxygen atoms in total. The summed E-state index contributed by atoms with van der Waals surface area (Å²) in [6.45, 7) is -0.462. The molecule has 2 amide bonds. The number of carbonyl (C=O) groups is 2. The highest BCUT2D eigenvalue weighted by Gasteiger charge is 2.61. The van der Waals surface area contributed by atoms with E-state index in [0.717, 1.165) is 23.4 Å². The van der Waals surface area contributed by atoms with Crippen LogP contribution in [0.3, 0.4) is 0 Å². The number of carbonyl (C=O) groups excluding carboxylic acids is 2. The van der Waals surface area contributed by atoms with Crippen LogP contribution in [-0.2, 0) is 10.2 Å². The van der Waals surface area contributed by atoms with Crippen LogP contribution < -0.4 is 5.32 Å². The minimum atomic E-state index is -1.22. The van der Waals surface area contributed by atoms with Crippen LogP contribution in [0.5, 0.6) is 0 Å². The maximum absolute atomic E-state index is 14.4. The minimum absolute atomic E-state index is 0.0341. The Labute approximate surface area is 159 Å². The zero-order valence-electron chi connectivity index (χ0n) is 13.7. The van der Waals surface area contributed by atoms with Crippen LogP contribution in [0.4, 0.5) is 19.1 Å². The van der Waals surface area contributed by atoms with Gasteiger partial charge in [-0.25, -0.2) is 23.1 Å². The van der Waals surface area contributed by atoms with Gasteiger partial charge in [-0.15, -0.1) is 0 Å². The second-order valence-electron chi connectivity index (χ2n) is 6.57. The minimum Gasteiger partial charge on any atom is -0.328 e. The van der Waals surface area contributed by atoms with Gasteiger partial charge in [-0.2, -0.15) is 0 Å². The van der Waals surface area contributed by atoms with E-state index >= 15 is 0 Å². The molecule has 10 heteroatoms. The van der Waals surface area contributed by atoms with Crippen LogP contribution in [0, 0.1) is 11.6 Å². The molecule has 27 heavy (non-hydrogen) atoms. The lowest BCUT2D eigenvalue weighted by molar-refractivity contribution is -0.117. The molecule has 2 aliphatic rings. The highest BCUT2D eigenvalue weighted by molar-refractivity contribution is 9.10. The molecule has 1 aliphatic carbocycles. The molecule has 2 atom stereocenters. The Kier molecular flexibility index (Phi) is 4.17. The van der Waals surface area contributed by atoms with Crippen molar-refractivity contribution < 1.29 is 22.8 Å². The molecule has 0 saturated heterocycles. The molecule has 0 bridgehead atoms. The van der Waals surface area contributed by atoms with E-state index < -0.39 is 41.6 Å². The second kappa shape index (κ2) is 6.29. The van der Waals surface area contributed by atoms with Crippen molar-refractivity contribution in [1.82, 2.24) is 14.9 Å². The van der Waals surface area contributed by atoms with Gasteiger partial charge >= 0.3 is 0 Å². The van der Waals surface area contributed by atoms with E-state index in [9.17, 15) is 22.8 Å². The molecular formula is C17H12BrF3N4O2. The van der Waals surface area contributed by atoms with Crippen LogP contribution in [-0.4, -0.2) is 45.9 Å². The molecule has 140 valence electrons. The molecule has 1 fully saturated rings. The SMILES string of the molecule is O=C(CN1CC2(C[C@@H]2F)c2cc(Br)cc(F)c2C1=O)Nc1ncc(F)cn1. The zero-order chi connectivity index (χ0) is 19.3. The summed E-state index contributed by atoms with van der Waals surface area (Å²) in [6, 6.07) is 2.69. The Morgan fingerprint density at radius 2 is 2.00 bits per heavy atom. The summed E-state index contributed by atoms with van der Waals surface area (Å²) in [5, 5.41) is 2.33. The van der Waals surface area contributed by atoms with Gasteiger partial charge in [-0.1, -0.05) is 15.9 Å². The molecule has 2 heterocycles. The van der Waals surface area contributed by atoms with Crippen LogP contribution in [0.1, 0.15) is 22.3 Å². The molecule has 4 rings (SSSR count). The van der Waals surface area contributed by atoms with Crippen molar-refractivity contribution in [1.29, 1.82) is 0 Å². The van der Waals surface area contributed by atoms with Crippen molar-refractivity contribution in [2.45, 2.75) is 18.0 Å². The molecular weight excluding hydrogens is 429 g/mol. The summed E-state index contributed by atoms with van der Waals surface area (Å²) in [7, 11) is 0. The van der Waals surface area contributed by atoms with E-state index in [1.165, 1.54) is 0 Å². The molecule has 1 unspecified atom stereocenters. The third-order valence-corrected chi connectivity index (χ3v) is 5.21. The third kappa shape index (κ3) is 3.07. The highest BCUT2D eigenvalue weighted by atomic mass is 79.9. The maximum Gasteiger partial charge on any atom is 0.257 e. The fourth-order valence-corrected chi connectivity index (χ4v) is 3.81. The van der Waals surface area contributed by atoms with E-state index in [4.69, 9.17) is 0 Å². The van der Waals surface area contributed by atoms with Crippen molar-refractivity contribution in [3.8, 4) is 0 Å². The number of rotatable bonds is 3. The number of nitrogens with zero attached hydrogens (tertiary/aromatic N) is 3. The summed E-state index contributed by atoms with van der Waals surface area (Å²) in [5.74, 6) is -2.90. The predicted octanol–water partition coefficient (Wildman–Crippen LogP) is 2.59. The number of fused-ring (bicyclic) bond motifs is 2. The second-order valence-corrected chi connectivity index (χ2v) is 7.49. The first-order valence-corrected chi connectivity index (χ1v) is 8.80. The third-order valence-electron chi connectivity index (χ3n) is 4.75. The van der Waals surface area contributed by atoms with Crippen molar-refractivity contribution >= 4 is 33.7 Å². The zero-order valence-corrected chi connectivity index (χ0v) is 15.3. The van der Waals surface area contributed by atoms with Crippen molar-refractivity contribution in [2.75, 3.05) is 18.4 Å². The fraction of sp³-hybridized carbons (Fsp3) is 0.294. The number of benzene rings is 1. The number of halogens is 4. The van der Waals surface area contributed by atoms with Crippen molar-refractivity contribution in [2.24, 2.45) is 0 Å². The van der Waals surface area contributed by atoms with E-state index in [1.807, 2.05) is 0 Å². The van der Waals surface area contributed by atoms with Crippen molar-refractivity contribution in [3.63, 3.8) is 0 Å². The van der Waals surface area contributed by atoms with Gasteiger partial charge in [0, 0.05) is 16.4 Å². The van der Waals surface area contributed by atoms with Gasteiger partial charge in [0.1, 0.15) is 18.5 Å². The highest BCUT2D eigenvalue weighted by Crippen LogP contribution is 2.55. The summed E-state index contributed by atoms with van der Waals surface area (Å²) in [6.07, 6.45) is 0.697. The Bertz CT molecular complexity index is 956. The summed E-state index contributed by atoms with van der Waals surface area (Å²) >= 11 is 3.17.